The first-order chi connectivity index (χ1) is 15.6. The molecule has 0 bridgehead atoms. The molecule has 160 valence electrons. The monoisotopic (exact) mass is 463 g/mol. The van der Waals surface area contributed by atoms with E-state index in [9.17, 15) is 9.59 Å². The van der Waals surface area contributed by atoms with E-state index in [0.717, 1.165) is 5.56 Å². The largest absolute Gasteiger partial charge is 0.482 e. The molecule has 0 atom stereocenters. The van der Waals surface area contributed by atoms with Gasteiger partial charge in [0.2, 0.25) is 0 Å². The number of anilines is 2. The van der Waals surface area contributed by atoms with E-state index in [0.29, 0.717) is 32.2 Å². The molecule has 4 aromatic rings. The number of carbonyl (C=O) groups excluding carboxylic acids is 2. The number of thiazole rings is 1. The number of benzene rings is 3. The summed E-state index contributed by atoms with van der Waals surface area (Å²) in [7, 11) is 0. The van der Waals surface area contributed by atoms with Crippen LogP contribution in [-0.2, 0) is 4.79 Å². The highest BCUT2D eigenvalue weighted by Gasteiger charge is 2.18. The lowest BCUT2D eigenvalue weighted by molar-refractivity contribution is -0.118. The molecule has 1 heterocycles. The molecular formula is C24H18ClN3O3S. The third kappa shape index (κ3) is 5.32. The van der Waals surface area contributed by atoms with Crippen LogP contribution in [0.2, 0.25) is 5.02 Å². The number of ether oxygens (including phenoxy) is 1. The zero-order valence-electron chi connectivity index (χ0n) is 16.7. The summed E-state index contributed by atoms with van der Waals surface area (Å²) >= 11 is 7.23. The molecule has 0 saturated heterocycles. The summed E-state index contributed by atoms with van der Waals surface area (Å²) in [5, 5.41) is 6.93. The third-order valence-electron chi connectivity index (χ3n) is 4.38. The highest BCUT2D eigenvalue weighted by molar-refractivity contribution is 7.20. The Morgan fingerprint density at radius 1 is 0.875 bits per heavy atom. The van der Waals surface area contributed by atoms with Gasteiger partial charge in [0.05, 0.1) is 5.02 Å². The van der Waals surface area contributed by atoms with E-state index in [4.69, 9.17) is 16.3 Å². The average molecular weight is 464 g/mol. The normalized spacial score (nSPS) is 10.4. The summed E-state index contributed by atoms with van der Waals surface area (Å²) in [5.74, 6) is -0.227. The fourth-order valence-electron chi connectivity index (χ4n) is 2.88. The summed E-state index contributed by atoms with van der Waals surface area (Å²) in [6.45, 7) is -0.226. The molecule has 0 fully saturated rings. The summed E-state index contributed by atoms with van der Waals surface area (Å²) in [6.07, 6.45) is 0. The number of amides is 2. The molecule has 0 radical (unpaired) electrons. The Morgan fingerprint density at radius 2 is 1.53 bits per heavy atom. The van der Waals surface area contributed by atoms with Crippen molar-refractivity contribution in [3.63, 3.8) is 0 Å². The third-order valence-corrected chi connectivity index (χ3v) is 5.58. The van der Waals surface area contributed by atoms with Crippen molar-refractivity contribution in [3.05, 3.63) is 95.5 Å². The molecule has 0 aliphatic rings. The first kappa shape index (κ1) is 21.5. The summed E-state index contributed by atoms with van der Waals surface area (Å²) in [5.41, 5.74) is 1.92. The number of nitrogens with one attached hydrogen (secondary N) is 2. The Morgan fingerprint density at radius 3 is 2.25 bits per heavy atom. The minimum absolute atomic E-state index is 0.226. The van der Waals surface area contributed by atoms with Gasteiger partial charge in [0.15, 0.2) is 11.7 Å². The second-order valence-corrected chi connectivity index (χ2v) is 8.06. The molecule has 0 saturated carbocycles. The van der Waals surface area contributed by atoms with Crippen molar-refractivity contribution in [1.82, 2.24) is 4.98 Å². The average Bonchev–Trinajstić information content (AvgIpc) is 3.21. The van der Waals surface area contributed by atoms with Gasteiger partial charge in [-0.25, -0.2) is 4.98 Å². The smallest absolute Gasteiger partial charge is 0.264 e. The van der Waals surface area contributed by atoms with Gasteiger partial charge < -0.3 is 10.1 Å². The van der Waals surface area contributed by atoms with Crippen LogP contribution in [0.1, 0.15) is 10.4 Å². The van der Waals surface area contributed by atoms with Crippen LogP contribution in [0.4, 0.5) is 10.1 Å². The number of nitrogens with zero attached hydrogens (tertiary/aromatic N) is 1. The van der Waals surface area contributed by atoms with E-state index in [1.807, 2.05) is 36.4 Å². The lowest BCUT2D eigenvalue weighted by atomic mass is 10.1. The number of para-hydroxylation sites is 1. The second kappa shape index (κ2) is 10.1. The Hall–Kier alpha value is -3.68. The number of carbonyl (C=O) groups is 2. The maximum absolute atomic E-state index is 12.7. The minimum atomic E-state index is -0.390. The van der Waals surface area contributed by atoms with E-state index in [1.165, 1.54) is 11.3 Å². The number of halogens is 1. The molecule has 0 spiro atoms. The predicted molar refractivity (Wildman–Crippen MR) is 128 cm³/mol. The molecule has 0 aliphatic carbocycles. The van der Waals surface area contributed by atoms with Crippen molar-refractivity contribution in [3.8, 4) is 17.0 Å². The van der Waals surface area contributed by atoms with E-state index >= 15 is 0 Å². The van der Waals surface area contributed by atoms with Gasteiger partial charge >= 0.3 is 0 Å². The van der Waals surface area contributed by atoms with Crippen molar-refractivity contribution >= 4 is 44.9 Å². The molecule has 8 heteroatoms. The van der Waals surface area contributed by atoms with Crippen molar-refractivity contribution in [1.29, 1.82) is 0 Å². The lowest BCUT2D eigenvalue weighted by Crippen LogP contribution is -2.20. The molecule has 4 rings (SSSR count). The van der Waals surface area contributed by atoms with Crippen molar-refractivity contribution in [2.45, 2.75) is 0 Å². The molecule has 1 aromatic heterocycles. The maximum atomic E-state index is 12.7. The first-order valence-electron chi connectivity index (χ1n) is 9.70. The Balaban J connectivity index is 1.52. The van der Waals surface area contributed by atoms with Crippen LogP contribution >= 0.6 is 22.9 Å². The van der Waals surface area contributed by atoms with Gasteiger partial charge in [0.25, 0.3) is 11.8 Å². The van der Waals surface area contributed by atoms with Crippen LogP contribution in [0.5, 0.6) is 5.75 Å². The fraction of sp³-hybridized carbons (Fsp3) is 0.0417. The van der Waals surface area contributed by atoms with Crippen LogP contribution in [-0.4, -0.2) is 23.4 Å². The van der Waals surface area contributed by atoms with Gasteiger partial charge in [0.1, 0.15) is 16.4 Å². The predicted octanol–water partition coefficient (Wildman–Crippen LogP) is 5.73. The van der Waals surface area contributed by atoms with Gasteiger partial charge in [-0.15, -0.1) is 0 Å². The van der Waals surface area contributed by atoms with E-state index in [-0.39, 0.29) is 18.4 Å². The minimum Gasteiger partial charge on any atom is -0.482 e. The number of aromatic nitrogens is 1. The van der Waals surface area contributed by atoms with Gasteiger partial charge in [-0.1, -0.05) is 83.6 Å². The molecule has 0 aliphatic heterocycles. The van der Waals surface area contributed by atoms with Crippen LogP contribution in [0.15, 0.2) is 84.9 Å². The Labute approximate surface area is 193 Å². The summed E-state index contributed by atoms with van der Waals surface area (Å²) in [4.78, 5) is 29.6. The number of hydrogen-bond acceptors (Lipinski definition) is 5. The van der Waals surface area contributed by atoms with E-state index < -0.39 is 0 Å². The number of hydrogen-bond donors (Lipinski definition) is 2. The fourth-order valence-corrected chi connectivity index (χ4v) is 3.96. The van der Waals surface area contributed by atoms with Gasteiger partial charge in [-0.3, -0.25) is 14.9 Å². The topological polar surface area (TPSA) is 80.3 Å². The van der Waals surface area contributed by atoms with Crippen LogP contribution < -0.4 is 15.4 Å². The molecule has 0 unspecified atom stereocenters. The molecule has 2 amide bonds. The van der Waals surface area contributed by atoms with Gasteiger partial charge in [-0.05, 0) is 24.3 Å². The van der Waals surface area contributed by atoms with Crippen LogP contribution in [0.25, 0.3) is 11.3 Å². The van der Waals surface area contributed by atoms with Crippen molar-refractivity contribution < 1.29 is 14.3 Å². The Kier molecular flexibility index (Phi) is 6.79. The molecule has 3 aromatic carbocycles. The summed E-state index contributed by atoms with van der Waals surface area (Å²) in [6, 6.07) is 25.3. The van der Waals surface area contributed by atoms with Crippen molar-refractivity contribution in [2.75, 3.05) is 17.2 Å². The zero-order chi connectivity index (χ0) is 22.3. The van der Waals surface area contributed by atoms with E-state index in [2.05, 4.69) is 15.6 Å². The zero-order valence-corrected chi connectivity index (χ0v) is 18.3. The SMILES string of the molecule is O=C(COc1ccccc1Cl)Nc1nc(-c2ccccc2)c(NC(=O)c2ccccc2)s1. The lowest BCUT2D eigenvalue weighted by Gasteiger charge is -2.07. The molecule has 6 nitrogen and oxygen atoms in total. The Bertz CT molecular complexity index is 1230. The standard InChI is InChI=1S/C24H18ClN3O3S/c25-18-13-7-8-14-19(18)31-15-20(29)26-24-27-21(16-9-3-1-4-10-16)23(32-24)28-22(30)17-11-5-2-6-12-17/h1-14H,15H2,(H,28,30)(H,26,27,29). The number of rotatable bonds is 7. The van der Waals surface area contributed by atoms with Crippen molar-refractivity contribution in [2.24, 2.45) is 0 Å². The van der Waals surface area contributed by atoms with Crippen LogP contribution in [0, 0.1) is 0 Å². The molecular weight excluding hydrogens is 446 g/mol. The maximum Gasteiger partial charge on any atom is 0.264 e. The van der Waals surface area contributed by atoms with E-state index in [1.54, 1.807) is 48.5 Å². The quantitative estimate of drug-likeness (QED) is 0.366. The van der Waals surface area contributed by atoms with Gasteiger partial charge in [0, 0.05) is 11.1 Å². The molecule has 32 heavy (non-hydrogen) atoms. The highest BCUT2D eigenvalue weighted by atomic mass is 35.5. The summed E-state index contributed by atoms with van der Waals surface area (Å²) < 4.78 is 5.48. The van der Waals surface area contributed by atoms with Crippen LogP contribution in [0.3, 0.4) is 0 Å². The molecule has 2 N–H and O–H groups in total. The highest BCUT2D eigenvalue weighted by Crippen LogP contribution is 2.36. The first-order valence-corrected chi connectivity index (χ1v) is 10.9. The second-order valence-electron chi connectivity index (χ2n) is 6.65. The van der Waals surface area contributed by atoms with Gasteiger partial charge in [-0.2, -0.15) is 0 Å².